The van der Waals surface area contributed by atoms with Crippen molar-refractivity contribution < 1.29 is 13.2 Å². The first-order chi connectivity index (χ1) is 10.4. The quantitative estimate of drug-likeness (QED) is 0.761. The highest BCUT2D eigenvalue weighted by Crippen LogP contribution is 2.58. The van der Waals surface area contributed by atoms with Gasteiger partial charge < -0.3 is 5.73 Å². The lowest BCUT2D eigenvalue weighted by atomic mass is 9.53. The molecule has 4 fully saturated rings. The van der Waals surface area contributed by atoms with Gasteiger partial charge in [0, 0.05) is 0 Å². The van der Waals surface area contributed by atoms with Gasteiger partial charge in [0.1, 0.15) is 0 Å². The van der Waals surface area contributed by atoms with E-state index in [4.69, 9.17) is 5.73 Å². The first-order valence-corrected chi connectivity index (χ1v) is 10.3. The molecule has 5 nitrogen and oxygen atoms in total. The second kappa shape index (κ2) is 5.69. The number of rotatable bonds is 6. The van der Waals surface area contributed by atoms with Gasteiger partial charge in [0.2, 0.25) is 10.0 Å². The van der Waals surface area contributed by atoms with Crippen molar-refractivity contribution in [3.05, 3.63) is 0 Å². The summed E-state index contributed by atoms with van der Waals surface area (Å²) in [6.07, 6.45) is 8.55. The van der Waals surface area contributed by atoms with Crippen LogP contribution in [0.4, 0.5) is 4.79 Å². The first-order valence-electron chi connectivity index (χ1n) is 8.69. The molecule has 4 aliphatic rings. The summed E-state index contributed by atoms with van der Waals surface area (Å²) in [5.74, 6) is 1.79. The second-order valence-corrected chi connectivity index (χ2v) is 9.70. The van der Waals surface area contributed by atoms with Gasteiger partial charge in [-0.05, 0) is 62.7 Å². The fraction of sp³-hybridized carbons (Fsp3) is 0.938. The minimum absolute atomic E-state index is 0.0472. The fourth-order valence-corrected chi connectivity index (χ4v) is 7.44. The van der Waals surface area contributed by atoms with Gasteiger partial charge in [-0.2, -0.15) is 0 Å². The predicted octanol–water partition coefficient (Wildman–Crippen LogP) is 2.86. The van der Waals surface area contributed by atoms with Gasteiger partial charge in [-0.15, -0.1) is 0 Å². The molecule has 0 spiro atoms. The van der Waals surface area contributed by atoms with Crippen LogP contribution < -0.4 is 5.73 Å². The molecule has 2 N–H and O–H groups in total. The molecule has 6 heteroatoms. The Kier molecular flexibility index (Phi) is 4.16. The smallest absolute Gasteiger partial charge is 0.328 e. The average molecular weight is 328 g/mol. The van der Waals surface area contributed by atoms with E-state index >= 15 is 0 Å². The van der Waals surface area contributed by atoms with E-state index in [1.165, 1.54) is 19.3 Å². The SMILES string of the molecule is CCCCCS(=O)(=O)N(C(N)=O)C12CC3CC(CC(C3)C1)C2. The molecule has 0 heterocycles. The third-order valence-electron chi connectivity index (χ3n) is 5.92. The number of sulfonamides is 1. The largest absolute Gasteiger partial charge is 0.351 e. The van der Waals surface area contributed by atoms with Crippen LogP contribution in [-0.2, 0) is 10.0 Å². The Morgan fingerprint density at radius 2 is 1.59 bits per heavy atom. The molecule has 0 aliphatic heterocycles. The Hall–Kier alpha value is -0.780. The molecule has 0 aromatic heterocycles. The van der Waals surface area contributed by atoms with Crippen molar-refractivity contribution in [3.8, 4) is 0 Å². The van der Waals surface area contributed by atoms with E-state index in [9.17, 15) is 13.2 Å². The van der Waals surface area contributed by atoms with Crippen molar-refractivity contribution in [2.24, 2.45) is 23.5 Å². The van der Waals surface area contributed by atoms with Crippen LogP contribution in [0.2, 0.25) is 0 Å². The molecule has 0 unspecified atom stereocenters. The number of hydrogen-bond acceptors (Lipinski definition) is 3. The van der Waals surface area contributed by atoms with Gasteiger partial charge in [-0.1, -0.05) is 19.8 Å². The van der Waals surface area contributed by atoms with E-state index in [0.29, 0.717) is 24.2 Å². The fourth-order valence-electron chi connectivity index (χ4n) is 5.61. The molecule has 4 saturated carbocycles. The minimum Gasteiger partial charge on any atom is -0.351 e. The number of hydrogen-bond donors (Lipinski definition) is 1. The van der Waals surface area contributed by atoms with Gasteiger partial charge >= 0.3 is 6.03 Å². The number of nitrogens with two attached hydrogens (primary N) is 1. The molecular weight excluding hydrogens is 300 g/mol. The highest BCUT2D eigenvalue weighted by Gasteiger charge is 2.57. The van der Waals surface area contributed by atoms with Gasteiger partial charge in [0.15, 0.2) is 0 Å². The van der Waals surface area contributed by atoms with Crippen molar-refractivity contribution >= 4 is 16.1 Å². The molecule has 126 valence electrons. The molecule has 4 rings (SSSR count). The lowest BCUT2D eigenvalue weighted by Gasteiger charge is -2.59. The molecule has 4 aliphatic carbocycles. The molecule has 0 saturated heterocycles. The highest BCUT2D eigenvalue weighted by atomic mass is 32.2. The van der Waals surface area contributed by atoms with Crippen molar-refractivity contribution in [2.45, 2.75) is 70.3 Å². The Morgan fingerprint density at radius 1 is 1.09 bits per heavy atom. The number of unbranched alkanes of at least 4 members (excludes halogenated alkanes) is 2. The van der Waals surface area contributed by atoms with Crippen molar-refractivity contribution in [1.29, 1.82) is 0 Å². The lowest BCUT2D eigenvalue weighted by Crippen LogP contribution is -2.64. The lowest BCUT2D eigenvalue weighted by molar-refractivity contribution is -0.0432. The standard InChI is InChI=1S/C16H28N2O3S/c1-2-3-4-5-22(20,21)18(15(17)19)16-9-12-6-13(10-16)8-14(7-12)11-16/h12-14H,2-11H2,1H3,(H2,17,19). The van der Waals surface area contributed by atoms with Gasteiger partial charge in [0.25, 0.3) is 0 Å². The summed E-state index contributed by atoms with van der Waals surface area (Å²) in [6.45, 7) is 2.04. The Morgan fingerprint density at radius 3 is 2.00 bits per heavy atom. The second-order valence-electron chi connectivity index (χ2n) is 7.77. The van der Waals surface area contributed by atoms with E-state index in [1.54, 1.807) is 0 Å². The summed E-state index contributed by atoms with van der Waals surface area (Å²) < 4.78 is 26.7. The predicted molar refractivity (Wildman–Crippen MR) is 85.6 cm³/mol. The normalized spacial score (nSPS) is 36.5. The topological polar surface area (TPSA) is 80.5 Å². The number of amides is 2. The minimum atomic E-state index is -3.60. The number of carbonyl (C=O) groups excluding carboxylic acids is 1. The Bertz CT molecular complexity index is 508. The van der Waals surface area contributed by atoms with Crippen LogP contribution in [0.1, 0.15) is 64.7 Å². The van der Waals surface area contributed by atoms with Crippen LogP contribution in [0.5, 0.6) is 0 Å². The zero-order valence-electron chi connectivity index (χ0n) is 13.5. The van der Waals surface area contributed by atoms with Crippen LogP contribution in [0.25, 0.3) is 0 Å². The third kappa shape index (κ3) is 2.74. The van der Waals surface area contributed by atoms with Crippen molar-refractivity contribution in [2.75, 3.05) is 5.75 Å². The van der Waals surface area contributed by atoms with Gasteiger partial charge in [-0.25, -0.2) is 17.5 Å². The third-order valence-corrected chi connectivity index (χ3v) is 7.85. The molecule has 0 aromatic carbocycles. The summed E-state index contributed by atoms with van der Waals surface area (Å²) in [7, 11) is -3.60. The van der Waals surface area contributed by atoms with Gasteiger partial charge in [-0.3, -0.25) is 0 Å². The van der Waals surface area contributed by atoms with E-state index < -0.39 is 21.6 Å². The summed E-state index contributed by atoms with van der Waals surface area (Å²) in [6, 6.07) is -0.765. The van der Waals surface area contributed by atoms with Crippen LogP contribution in [-0.4, -0.2) is 30.0 Å². The monoisotopic (exact) mass is 328 g/mol. The Balaban J connectivity index is 1.86. The zero-order chi connectivity index (χ0) is 16.0. The van der Waals surface area contributed by atoms with Crippen LogP contribution >= 0.6 is 0 Å². The van der Waals surface area contributed by atoms with Crippen molar-refractivity contribution in [3.63, 3.8) is 0 Å². The van der Waals surface area contributed by atoms with Gasteiger partial charge in [0.05, 0.1) is 11.3 Å². The first kappa shape index (κ1) is 16.1. The maximum atomic E-state index is 12.8. The molecule has 22 heavy (non-hydrogen) atoms. The highest BCUT2D eigenvalue weighted by molar-refractivity contribution is 7.89. The number of urea groups is 1. The maximum Gasteiger partial charge on any atom is 0.328 e. The Labute approximate surface area is 133 Å². The van der Waals surface area contributed by atoms with E-state index in [0.717, 1.165) is 36.4 Å². The van der Waals surface area contributed by atoms with Crippen LogP contribution in [0.3, 0.4) is 0 Å². The van der Waals surface area contributed by atoms with E-state index in [2.05, 4.69) is 0 Å². The molecule has 0 aromatic rings. The molecule has 4 bridgehead atoms. The summed E-state index contributed by atoms with van der Waals surface area (Å²) >= 11 is 0. The number of carbonyl (C=O) groups is 1. The average Bonchev–Trinajstić information content (AvgIpc) is 2.35. The molecular formula is C16H28N2O3S. The summed E-state index contributed by atoms with van der Waals surface area (Å²) in [5.41, 5.74) is 5.05. The molecule has 2 amide bonds. The summed E-state index contributed by atoms with van der Waals surface area (Å²) in [4.78, 5) is 12.1. The molecule has 0 radical (unpaired) electrons. The number of primary amides is 1. The van der Waals surface area contributed by atoms with Crippen LogP contribution in [0.15, 0.2) is 0 Å². The number of nitrogens with zero attached hydrogens (tertiary/aromatic N) is 1. The summed E-state index contributed by atoms with van der Waals surface area (Å²) in [5, 5.41) is 0. The van der Waals surface area contributed by atoms with E-state index in [-0.39, 0.29) is 5.75 Å². The van der Waals surface area contributed by atoms with E-state index in [1.807, 2.05) is 6.92 Å². The molecule has 0 atom stereocenters. The zero-order valence-corrected chi connectivity index (χ0v) is 14.3. The maximum absolute atomic E-state index is 12.8. The van der Waals surface area contributed by atoms with Crippen LogP contribution in [0, 0.1) is 17.8 Å². The van der Waals surface area contributed by atoms with Crippen molar-refractivity contribution in [1.82, 2.24) is 4.31 Å².